The number of rotatable bonds is 3. The van der Waals surface area contributed by atoms with Crippen molar-refractivity contribution in [1.82, 2.24) is 0 Å². The van der Waals surface area contributed by atoms with E-state index in [2.05, 4.69) is 6.92 Å². The summed E-state index contributed by atoms with van der Waals surface area (Å²) in [5.41, 5.74) is 0.930. The Morgan fingerprint density at radius 3 is 2.10 bits per heavy atom. The predicted molar refractivity (Wildman–Crippen MR) is 88.9 cm³/mol. The molecule has 21 heavy (non-hydrogen) atoms. The first-order valence-corrected chi connectivity index (χ1v) is 9.63. The number of ether oxygens (including phenoxy) is 1. The highest BCUT2D eigenvalue weighted by atomic mass is 16.5. The Kier molecular flexibility index (Phi) is 4.98. The first-order chi connectivity index (χ1) is 10.2. The second-order valence-corrected chi connectivity index (χ2v) is 8.26. The number of hydrogen-bond donors (Lipinski definition) is 0. The van der Waals surface area contributed by atoms with E-state index < -0.39 is 0 Å². The lowest BCUT2D eigenvalue weighted by Gasteiger charge is -2.60. The first kappa shape index (κ1) is 15.8. The van der Waals surface area contributed by atoms with Crippen molar-refractivity contribution < 1.29 is 4.74 Å². The van der Waals surface area contributed by atoms with Crippen molar-refractivity contribution in [2.24, 2.45) is 16.7 Å². The lowest BCUT2D eigenvalue weighted by molar-refractivity contribution is -0.114. The van der Waals surface area contributed by atoms with Crippen LogP contribution in [0.1, 0.15) is 96.8 Å². The fourth-order valence-corrected chi connectivity index (χ4v) is 6.27. The molecule has 0 amide bonds. The van der Waals surface area contributed by atoms with Gasteiger partial charge in [-0.15, -0.1) is 0 Å². The maximum Gasteiger partial charge on any atom is 0.104 e. The molecule has 0 spiro atoms. The van der Waals surface area contributed by atoms with Crippen LogP contribution in [0.4, 0.5) is 0 Å². The third-order valence-electron chi connectivity index (χ3n) is 7.31. The molecular weight excluding hydrogens is 256 g/mol. The van der Waals surface area contributed by atoms with Crippen molar-refractivity contribution in [3.63, 3.8) is 0 Å². The van der Waals surface area contributed by atoms with Gasteiger partial charge in [-0.3, -0.25) is 0 Å². The lowest BCUT2D eigenvalue weighted by Crippen LogP contribution is -2.53. The van der Waals surface area contributed by atoms with E-state index in [0.717, 1.165) is 5.92 Å². The van der Waals surface area contributed by atoms with Gasteiger partial charge in [0.15, 0.2) is 0 Å². The second-order valence-electron chi connectivity index (χ2n) is 8.26. The van der Waals surface area contributed by atoms with Gasteiger partial charge < -0.3 is 4.74 Å². The lowest BCUT2D eigenvalue weighted by atomic mass is 9.46. The Labute approximate surface area is 132 Å². The van der Waals surface area contributed by atoms with Crippen molar-refractivity contribution in [3.05, 3.63) is 6.10 Å². The summed E-state index contributed by atoms with van der Waals surface area (Å²) >= 11 is 0. The minimum atomic E-state index is 0.417. The van der Waals surface area contributed by atoms with Gasteiger partial charge in [-0.25, -0.2) is 0 Å². The maximum absolute atomic E-state index is 6.10. The van der Waals surface area contributed by atoms with E-state index in [0.29, 0.717) is 10.8 Å². The highest BCUT2D eigenvalue weighted by molar-refractivity contribution is 5.14. The quantitative estimate of drug-likeness (QED) is 0.595. The van der Waals surface area contributed by atoms with Crippen LogP contribution < -0.4 is 0 Å². The van der Waals surface area contributed by atoms with Gasteiger partial charge >= 0.3 is 0 Å². The highest BCUT2D eigenvalue weighted by Gasteiger charge is 2.58. The van der Waals surface area contributed by atoms with E-state index in [4.69, 9.17) is 4.74 Å². The fourth-order valence-electron chi connectivity index (χ4n) is 6.27. The minimum absolute atomic E-state index is 0.417. The van der Waals surface area contributed by atoms with Crippen LogP contribution in [0.15, 0.2) is 0 Å². The van der Waals surface area contributed by atoms with Crippen LogP contribution in [0.5, 0.6) is 0 Å². The molecule has 3 aliphatic rings. The molecule has 3 saturated carbocycles. The SMILES string of the molecule is CO[C]1CCCCC1(C1CCCCC1)C1(C)CCCCC1. The zero-order valence-electron chi connectivity index (χ0n) is 14.4. The molecule has 0 heterocycles. The van der Waals surface area contributed by atoms with Crippen LogP contribution >= 0.6 is 0 Å². The van der Waals surface area contributed by atoms with Crippen LogP contribution in [0.3, 0.4) is 0 Å². The molecule has 0 aromatic heterocycles. The molecule has 0 aromatic rings. The van der Waals surface area contributed by atoms with Crippen LogP contribution in [-0.2, 0) is 4.74 Å². The topological polar surface area (TPSA) is 9.23 Å². The van der Waals surface area contributed by atoms with Crippen molar-refractivity contribution in [1.29, 1.82) is 0 Å². The minimum Gasteiger partial charge on any atom is -0.375 e. The van der Waals surface area contributed by atoms with E-state index in [9.17, 15) is 0 Å². The predicted octanol–water partition coefficient (Wildman–Crippen LogP) is 6.28. The molecule has 1 radical (unpaired) electrons. The molecule has 3 fully saturated rings. The molecule has 1 nitrogen and oxygen atoms in total. The van der Waals surface area contributed by atoms with Crippen LogP contribution in [0.2, 0.25) is 0 Å². The Hall–Kier alpha value is -0.0400. The molecule has 0 aliphatic heterocycles. The average molecular weight is 291 g/mol. The number of methoxy groups -OCH3 is 1. The van der Waals surface area contributed by atoms with Crippen molar-refractivity contribution in [3.8, 4) is 0 Å². The summed E-state index contributed by atoms with van der Waals surface area (Å²) in [4.78, 5) is 0. The molecule has 1 heteroatoms. The Bertz CT molecular complexity index is 325. The Balaban J connectivity index is 1.95. The van der Waals surface area contributed by atoms with Gasteiger partial charge in [-0.1, -0.05) is 58.3 Å². The van der Waals surface area contributed by atoms with E-state index in [1.54, 1.807) is 0 Å². The van der Waals surface area contributed by atoms with Gasteiger partial charge in [-0.2, -0.15) is 0 Å². The Morgan fingerprint density at radius 2 is 1.43 bits per heavy atom. The zero-order valence-corrected chi connectivity index (χ0v) is 14.4. The van der Waals surface area contributed by atoms with E-state index in [1.807, 2.05) is 7.11 Å². The number of hydrogen-bond acceptors (Lipinski definition) is 1. The third-order valence-corrected chi connectivity index (χ3v) is 7.31. The standard InChI is InChI=1S/C20H35O/c1-19(14-8-4-9-15-19)20(17-11-5-3-6-12-17)16-10-7-13-18(20)21-2/h17H,3-16H2,1-2H3. The van der Waals surface area contributed by atoms with Crippen molar-refractivity contribution in [2.45, 2.75) is 96.8 Å². The van der Waals surface area contributed by atoms with Gasteiger partial charge in [0, 0.05) is 12.5 Å². The Morgan fingerprint density at radius 1 is 0.810 bits per heavy atom. The van der Waals surface area contributed by atoms with Gasteiger partial charge in [-0.05, 0) is 49.9 Å². The van der Waals surface area contributed by atoms with Gasteiger partial charge in [0.2, 0.25) is 0 Å². The summed E-state index contributed by atoms with van der Waals surface area (Å²) in [5.74, 6) is 0.907. The highest BCUT2D eigenvalue weighted by Crippen LogP contribution is 2.65. The molecule has 121 valence electrons. The van der Waals surface area contributed by atoms with Gasteiger partial charge in [0.05, 0.1) is 0 Å². The molecule has 0 bridgehead atoms. The monoisotopic (exact) mass is 291 g/mol. The summed E-state index contributed by atoms with van der Waals surface area (Å²) in [6.45, 7) is 2.63. The van der Waals surface area contributed by atoms with Crippen LogP contribution in [-0.4, -0.2) is 7.11 Å². The van der Waals surface area contributed by atoms with E-state index in [-0.39, 0.29) is 0 Å². The molecule has 1 unspecified atom stereocenters. The summed E-state index contributed by atoms with van der Waals surface area (Å²) in [6, 6.07) is 0. The van der Waals surface area contributed by atoms with Crippen molar-refractivity contribution in [2.75, 3.05) is 7.11 Å². The zero-order chi connectivity index (χ0) is 14.8. The van der Waals surface area contributed by atoms with E-state index in [1.165, 1.54) is 96.0 Å². The summed E-state index contributed by atoms with van der Waals surface area (Å²) in [5, 5.41) is 0. The molecule has 0 aromatic carbocycles. The molecule has 3 rings (SSSR count). The smallest absolute Gasteiger partial charge is 0.104 e. The fraction of sp³-hybridized carbons (Fsp3) is 0.950. The molecule has 0 saturated heterocycles. The van der Waals surface area contributed by atoms with Gasteiger partial charge in [0.25, 0.3) is 0 Å². The molecule has 0 N–H and O–H groups in total. The molecular formula is C20H35O. The third kappa shape index (κ3) is 2.69. The largest absolute Gasteiger partial charge is 0.375 e. The van der Waals surface area contributed by atoms with E-state index >= 15 is 0 Å². The van der Waals surface area contributed by atoms with Crippen molar-refractivity contribution >= 4 is 0 Å². The van der Waals surface area contributed by atoms with Crippen LogP contribution in [0.25, 0.3) is 0 Å². The normalized spacial score (nSPS) is 35.7. The summed E-state index contributed by atoms with van der Waals surface area (Å²) < 4.78 is 6.10. The molecule has 3 aliphatic carbocycles. The maximum atomic E-state index is 6.10. The summed E-state index contributed by atoms with van der Waals surface area (Å²) in [6.07, 6.45) is 21.5. The second kappa shape index (κ2) is 6.60. The van der Waals surface area contributed by atoms with Crippen LogP contribution in [0, 0.1) is 22.9 Å². The average Bonchev–Trinajstić information content (AvgIpc) is 2.56. The molecule has 1 atom stereocenters. The first-order valence-electron chi connectivity index (χ1n) is 9.63. The summed E-state index contributed by atoms with van der Waals surface area (Å²) in [7, 11) is 1.96. The van der Waals surface area contributed by atoms with Gasteiger partial charge in [0.1, 0.15) is 6.10 Å².